The van der Waals surface area contributed by atoms with Gasteiger partial charge in [-0.05, 0) is 96.3 Å². The number of nitrogens with one attached hydrogen (secondary N) is 2. The number of fused-ring (bicyclic) bond motifs is 1. The van der Waals surface area contributed by atoms with Crippen molar-refractivity contribution >= 4 is 41.0 Å². The highest BCUT2D eigenvalue weighted by molar-refractivity contribution is 6.04. The van der Waals surface area contributed by atoms with Crippen LogP contribution in [0, 0.1) is 5.92 Å². The monoisotopic (exact) mass is 762 g/mol. The molecule has 4 aliphatic rings. The van der Waals surface area contributed by atoms with Crippen LogP contribution < -0.4 is 25.2 Å². The van der Waals surface area contributed by atoms with Crippen LogP contribution in [-0.2, 0) is 14.3 Å². The number of aromatic nitrogens is 2. The number of ether oxygens (including phenoxy) is 3. The van der Waals surface area contributed by atoms with Crippen molar-refractivity contribution in [1.82, 2.24) is 25.1 Å². The predicted octanol–water partition coefficient (Wildman–Crippen LogP) is 5.98. The first kappa shape index (κ1) is 40.5. The number of rotatable bonds is 13. The van der Waals surface area contributed by atoms with E-state index in [0.29, 0.717) is 47.6 Å². The first-order valence-corrected chi connectivity index (χ1v) is 20.4. The number of hydrogen-bond acceptors (Lipinski definition) is 11. The Bertz CT molecular complexity index is 1630. The molecule has 2 aromatic rings. The standard InChI is InChI=1S/C41H62N8O6/c1-7-33-38(51)46(5)34-27-42-39(45-36(34)49(33)31-10-8-9-11-31)44-32-13-12-29(26-35(32)53-6)37(50)43-30-16-19-47(20-17-30)23-25-54-24-18-28-14-21-48(22-15-28)40(52)55-41(2,3)4/h12-13,26-28,30-31,33H,7-11,14-25H2,1-6H3,(H,43,50)(H,42,44,45)/t33-/m1/s1. The summed E-state index contributed by atoms with van der Waals surface area (Å²) >= 11 is 0. The molecule has 55 heavy (non-hydrogen) atoms. The Morgan fingerprint density at radius 3 is 2.38 bits per heavy atom. The van der Waals surface area contributed by atoms with E-state index in [0.717, 1.165) is 103 Å². The van der Waals surface area contributed by atoms with Gasteiger partial charge in [0.15, 0.2) is 5.82 Å². The quantitative estimate of drug-likeness (QED) is 0.233. The third-order valence-electron chi connectivity index (χ3n) is 11.5. The number of likely N-dealkylation sites (tertiary alicyclic amines) is 2. The van der Waals surface area contributed by atoms with Gasteiger partial charge in [0, 0.05) is 64.0 Å². The van der Waals surface area contributed by atoms with Crippen LogP contribution in [-0.4, -0.2) is 121 Å². The lowest BCUT2D eigenvalue weighted by molar-refractivity contribution is -0.120. The van der Waals surface area contributed by atoms with Gasteiger partial charge in [0.25, 0.3) is 5.91 Å². The number of hydrogen-bond donors (Lipinski definition) is 2. The third kappa shape index (κ3) is 10.2. The van der Waals surface area contributed by atoms with Gasteiger partial charge in [-0.25, -0.2) is 9.78 Å². The molecule has 14 heteroatoms. The van der Waals surface area contributed by atoms with Gasteiger partial charge in [0.1, 0.15) is 23.1 Å². The Hall–Kier alpha value is -4.17. The Labute approximate surface area is 326 Å². The zero-order valence-corrected chi connectivity index (χ0v) is 33.8. The Balaban J connectivity index is 0.935. The molecular formula is C41H62N8O6. The fourth-order valence-corrected chi connectivity index (χ4v) is 8.35. The number of nitrogens with zero attached hydrogens (tertiary/aromatic N) is 6. The number of piperidine rings is 2. The molecule has 14 nitrogen and oxygen atoms in total. The number of carbonyl (C=O) groups is 3. The number of likely N-dealkylation sites (N-methyl/N-ethyl adjacent to an activating group) is 1. The van der Waals surface area contributed by atoms with Crippen molar-refractivity contribution in [3.05, 3.63) is 30.0 Å². The van der Waals surface area contributed by atoms with E-state index < -0.39 is 5.60 Å². The molecule has 1 saturated carbocycles. The topological polar surface area (TPSA) is 142 Å². The summed E-state index contributed by atoms with van der Waals surface area (Å²) in [4.78, 5) is 56.6. The van der Waals surface area contributed by atoms with Gasteiger partial charge in [-0.1, -0.05) is 19.8 Å². The zero-order valence-electron chi connectivity index (χ0n) is 33.8. The molecule has 6 rings (SSSR count). The minimum atomic E-state index is -0.465. The van der Waals surface area contributed by atoms with E-state index >= 15 is 0 Å². The first-order valence-electron chi connectivity index (χ1n) is 20.4. The molecule has 3 aliphatic heterocycles. The molecule has 4 heterocycles. The van der Waals surface area contributed by atoms with Crippen molar-refractivity contribution in [2.24, 2.45) is 5.92 Å². The summed E-state index contributed by atoms with van der Waals surface area (Å²) in [6, 6.07) is 5.50. The van der Waals surface area contributed by atoms with E-state index in [-0.39, 0.29) is 36.0 Å². The highest BCUT2D eigenvalue weighted by atomic mass is 16.6. The fourth-order valence-electron chi connectivity index (χ4n) is 8.35. The third-order valence-corrected chi connectivity index (χ3v) is 11.5. The zero-order chi connectivity index (χ0) is 39.1. The molecule has 2 N–H and O–H groups in total. The Morgan fingerprint density at radius 2 is 1.71 bits per heavy atom. The van der Waals surface area contributed by atoms with Gasteiger partial charge in [-0.2, -0.15) is 4.98 Å². The summed E-state index contributed by atoms with van der Waals surface area (Å²) in [5.41, 5.74) is 1.43. The van der Waals surface area contributed by atoms with Crippen LogP contribution in [0.5, 0.6) is 5.75 Å². The summed E-state index contributed by atoms with van der Waals surface area (Å²) in [6.07, 6.45) is 11.4. The van der Waals surface area contributed by atoms with Crippen molar-refractivity contribution in [2.75, 3.05) is 75.2 Å². The molecule has 1 aliphatic carbocycles. The van der Waals surface area contributed by atoms with Gasteiger partial charge in [-0.15, -0.1) is 0 Å². The molecular weight excluding hydrogens is 701 g/mol. The lowest BCUT2D eigenvalue weighted by Gasteiger charge is -2.43. The van der Waals surface area contributed by atoms with Crippen LogP contribution in [0.2, 0.25) is 0 Å². The van der Waals surface area contributed by atoms with Crippen molar-refractivity contribution < 1.29 is 28.6 Å². The summed E-state index contributed by atoms with van der Waals surface area (Å²) in [7, 11) is 3.38. The molecule has 0 unspecified atom stereocenters. The van der Waals surface area contributed by atoms with E-state index in [1.165, 1.54) is 0 Å². The van der Waals surface area contributed by atoms with E-state index in [9.17, 15) is 14.4 Å². The fraction of sp³-hybridized carbons (Fsp3) is 0.683. The van der Waals surface area contributed by atoms with Crippen molar-refractivity contribution in [3.8, 4) is 5.75 Å². The Morgan fingerprint density at radius 1 is 0.982 bits per heavy atom. The van der Waals surface area contributed by atoms with Gasteiger partial charge in [-0.3, -0.25) is 9.59 Å². The second kappa shape index (κ2) is 18.2. The van der Waals surface area contributed by atoms with Gasteiger partial charge < -0.3 is 44.4 Å². The number of amides is 3. The lowest BCUT2D eigenvalue weighted by Crippen LogP contribution is -2.55. The number of anilines is 4. The van der Waals surface area contributed by atoms with Crippen LogP contribution in [0.25, 0.3) is 0 Å². The Kier molecular flexibility index (Phi) is 13.4. The van der Waals surface area contributed by atoms with Gasteiger partial charge in [0.05, 0.1) is 25.6 Å². The van der Waals surface area contributed by atoms with Crippen LogP contribution in [0.3, 0.4) is 0 Å². The van der Waals surface area contributed by atoms with Crippen molar-refractivity contribution in [2.45, 2.75) is 116 Å². The number of benzene rings is 1. The second-order valence-electron chi connectivity index (χ2n) is 16.5. The van der Waals surface area contributed by atoms with E-state index in [1.54, 1.807) is 37.4 Å². The lowest BCUT2D eigenvalue weighted by atomic mass is 9.94. The maximum Gasteiger partial charge on any atom is 0.410 e. The molecule has 302 valence electrons. The summed E-state index contributed by atoms with van der Waals surface area (Å²) < 4.78 is 17.2. The molecule has 0 radical (unpaired) electrons. The van der Waals surface area contributed by atoms with Crippen molar-refractivity contribution in [3.63, 3.8) is 0 Å². The molecule has 2 saturated heterocycles. The van der Waals surface area contributed by atoms with Crippen LogP contribution in [0.1, 0.15) is 102 Å². The normalized spacial score (nSPS) is 20.4. The van der Waals surface area contributed by atoms with Crippen molar-refractivity contribution in [1.29, 1.82) is 0 Å². The molecule has 0 spiro atoms. The maximum atomic E-state index is 13.3. The molecule has 1 atom stereocenters. The SMILES string of the molecule is CC[C@@H]1C(=O)N(C)c2cnc(Nc3ccc(C(=O)NC4CCN(CCOCCC5CCN(C(=O)OC(C)(C)C)CC5)CC4)cc3OC)nc2N1C1CCCC1. The number of carbonyl (C=O) groups excluding carboxylic acids is 3. The van der Waals surface area contributed by atoms with Crippen LogP contribution >= 0.6 is 0 Å². The summed E-state index contributed by atoms with van der Waals surface area (Å²) in [5, 5.41) is 6.53. The molecule has 3 amide bonds. The minimum Gasteiger partial charge on any atom is -0.495 e. The number of methoxy groups -OCH3 is 1. The largest absolute Gasteiger partial charge is 0.495 e. The second-order valence-corrected chi connectivity index (χ2v) is 16.5. The van der Waals surface area contributed by atoms with E-state index in [4.69, 9.17) is 19.2 Å². The van der Waals surface area contributed by atoms with Crippen LogP contribution in [0.15, 0.2) is 24.4 Å². The van der Waals surface area contributed by atoms with E-state index in [2.05, 4.69) is 32.3 Å². The summed E-state index contributed by atoms with van der Waals surface area (Å²) in [5.74, 6) is 2.23. The predicted molar refractivity (Wildman–Crippen MR) is 213 cm³/mol. The smallest absolute Gasteiger partial charge is 0.410 e. The molecule has 0 bridgehead atoms. The minimum absolute atomic E-state index is 0.0794. The summed E-state index contributed by atoms with van der Waals surface area (Å²) in [6.45, 7) is 13.4. The average molecular weight is 763 g/mol. The highest BCUT2D eigenvalue weighted by Gasteiger charge is 2.41. The molecule has 3 fully saturated rings. The highest BCUT2D eigenvalue weighted by Crippen LogP contribution is 2.40. The maximum absolute atomic E-state index is 13.3. The van der Waals surface area contributed by atoms with Gasteiger partial charge in [0.2, 0.25) is 11.9 Å². The molecule has 1 aromatic heterocycles. The first-order chi connectivity index (χ1) is 26.4. The average Bonchev–Trinajstić information content (AvgIpc) is 3.71. The van der Waals surface area contributed by atoms with Crippen LogP contribution in [0.4, 0.5) is 27.9 Å². The molecule has 1 aromatic carbocycles. The van der Waals surface area contributed by atoms with Gasteiger partial charge >= 0.3 is 6.09 Å². The van der Waals surface area contributed by atoms with E-state index in [1.807, 2.05) is 31.7 Å².